The molecule has 1 atom stereocenters. The summed E-state index contributed by atoms with van der Waals surface area (Å²) in [4.78, 5) is 6.08. The van der Waals surface area contributed by atoms with Crippen molar-refractivity contribution < 1.29 is 5.11 Å². The van der Waals surface area contributed by atoms with Gasteiger partial charge in [-0.05, 0) is 24.6 Å². The van der Waals surface area contributed by atoms with E-state index in [1.165, 1.54) is 0 Å². The van der Waals surface area contributed by atoms with Crippen molar-refractivity contribution in [3.05, 3.63) is 23.9 Å². The molecule has 0 saturated carbocycles. The molecular formula is C11H15N3O. The average Bonchev–Trinajstić information content (AvgIpc) is 2.26. The molecule has 1 aromatic heterocycles. The van der Waals surface area contributed by atoms with E-state index in [4.69, 9.17) is 5.26 Å². The summed E-state index contributed by atoms with van der Waals surface area (Å²) in [5, 5.41) is 17.9. The number of hydrogen-bond acceptors (Lipinski definition) is 4. The van der Waals surface area contributed by atoms with Gasteiger partial charge in [0.1, 0.15) is 5.82 Å². The van der Waals surface area contributed by atoms with Crippen LogP contribution in [0.4, 0.5) is 5.82 Å². The van der Waals surface area contributed by atoms with Gasteiger partial charge in [-0.15, -0.1) is 0 Å². The predicted molar refractivity (Wildman–Crippen MR) is 58.4 cm³/mol. The second kappa shape index (κ2) is 5.32. The van der Waals surface area contributed by atoms with Crippen molar-refractivity contribution in [3.63, 3.8) is 0 Å². The molecule has 1 rings (SSSR count). The zero-order chi connectivity index (χ0) is 11.3. The zero-order valence-corrected chi connectivity index (χ0v) is 9.01. The molecule has 0 radical (unpaired) electrons. The highest BCUT2D eigenvalue weighted by atomic mass is 16.3. The zero-order valence-electron chi connectivity index (χ0n) is 9.01. The van der Waals surface area contributed by atoms with Crippen LogP contribution in [-0.2, 0) is 0 Å². The number of rotatable bonds is 4. The van der Waals surface area contributed by atoms with E-state index in [1.54, 1.807) is 19.2 Å². The first-order chi connectivity index (χ1) is 7.15. The highest BCUT2D eigenvalue weighted by Gasteiger charge is 2.05. The number of anilines is 1. The van der Waals surface area contributed by atoms with Crippen molar-refractivity contribution >= 4 is 5.82 Å². The first-order valence-corrected chi connectivity index (χ1v) is 4.87. The smallest absolute Gasteiger partial charge is 0.128 e. The Hall–Kier alpha value is -1.60. The quantitative estimate of drug-likeness (QED) is 0.808. The molecule has 0 fully saturated rings. The topological polar surface area (TPSA) is 60.2 Å². The second-order valence-corrected chi connectivity index (χ2v) is 3.45. The van der Waals surface area contributed by atoms with Gasteiger partial charge in [0.05, 0.1) is 18.6 Å². The fourth-order valence-electron chi connectivity index (χ4n) is 1.24. The Kier molecular flexibility index (Phi) is 4.07. The Morgan fingerprint density at radius 3 is 3.00 bits per heavy atom. The number of hydrogen-bond donors (Lipinski definition) is 1. The summed E-state index contributed by atoms with van der Waals surface area (Å²) in [6.07, 6.45) is 1.65. The maximum Gasteiger partial charge on any atom is 0.128 e. The van der Waals surface area contributed by atoms with Crippen LogP contribution in [0.15, 0.2) is 18.3 Å². The van der Waals surface area contributed by atoms with Gasteiger partial charge in [-0.3, -0.25) is 0 Å². The van der Waals surface area contributed by atoms with Crippen LogP contribution in [0.1, 0.15) is 25.0 Å². The van der Waals surface area contributed by atoms with Crippen LogP contribution in [-0.4, -0.2) is 23.7 Å². The number of pyridine rings is 1. The molecule has 4 heteroatoms. The molecule has 0 spiro atoms. The molecule has 80 valence electrons. The summed E-state index contributed by atoms with van der Waals surface area (Å²) in [6.45, 7) is 2.36. The molecule has 0 aliphatic carbocycles. The van der Waals surface area contributed by atoms with Crippen LogP contribution in [0.3, 0.4) is 0 Å². The van der Waals surface area contributed by atoms with Crippen LogP contribution in [0.5, 0.6) is 0 Å². The number of aliphatic hydroxyl groups excluding tert-OH is 1. The summed E-state index contributed by atoms with van der Waals surface area (Å²) in [5.74, 6) is 0.781. The van der Waals surface area contributed by atoms with E-state index in [9.17, 15) is 5.11 Å². The lowest BCUT2D eigenvalue weighted by Gasteiger charge is -2.17. The molecule has 0 aliphatic heterocycles. The van der Waals surface area contributed by atoms with Gasteiger partial charge in [-0.1, -0.05) is 0 Å². The lowest BCUT2D eigenvalue weighted by molar-refractivity contribution is 0.199. The SMILES string of the molecule is C[C@H](O)c1ccnc(N(C)CCC#N)c1. The molecule has 1 heterocycles. The summed E-state index contributed by atoms with van der Waals surface area (Å²) < 4.78 is 0. The van der Waals surface area contributed by atoms with E-state index in [1.807, 2.05) is 18.0 Å². The number of nitrogens with zero attached hydrogens (tertiary/aromatic N) is 3. The van der Waals surface area contributed by atoms with Crippen LogP contribution < -0.4 is 4.90 Å². The van der Waals surface area contributed by atoms with Crippen LogP contribution in [0, 0.1) is 11.3 Å². The van der Waals surface area contributed by atoms with Gasteiger partial charge >= 0.3 is 0 Å². The minimum absolute atomic E-state index is 0.469. The summed E-state index contributed by atoms with van der Waals surface area (Å²) >= 11 is 0. The molecule has 0 unspecified atom stereocenters. The fraction of sp³-hybridized carbons (Fsp3) is 0.455. The third-order valence-electron chi connectivity index (χ3n) is 2.20. The Morgan fingerprint density at radius 2 is 2.40 bits per heavy atom. The highest BCUT2D eigenvalue weighted by Crippen LogP contribution is 2.16. The van der Waals surface area contributed by atoms with E-state index in [0.717, 1.165) is 11.4 Å². The van der Waals surface area contributed by atoms with Gasteiger partial charge in [0.15, 0.2) is 0 Å². The summed E-state index contributed by atoms with van der Waals surface area (Å²) in [5.41, 5.74) is 0.837. The van der Waals surface area contributed by atoms with E-state index in [-0.39, 0.29) is 0 Å². The maximum absolute atomic E-state index is 9.41. The minimum Gasteiger partial charge on any atom is -0.389 e. The molecule has 1 N–H and O–H groups in total. The molecule has 0 amide bonds. The Bertz CT molecular complexity index is 357. The van der Waals surface area contributed by atoms with Crippen molar-refractivity contribution in [2.45, 2.75) is 19.4 Å². The maximum atomic E-state index is 9.41. The molecule has 0 aliphatic rings. The van der Waals surface area contributed by atoms with Crippen LogP contribution in [0.25, 0.3) is 0 Å². The van der Waals surface area contributed by atoms with Crippen molar-refractivity contribution in [2.24, 2.45) is 0 Å². The number of aliphatic hydroxyl groups is 1. The lowest BCUT2D eigenvalue weighted by atomic mass is 10.2. The van der Waals surface area contributed by atoms with Gasteiger partial charge in [0.2, 0.25) is 0 Å². The third kappa shape index (κ3) is 3.22. The van der Waals surface area contributed by atoms with Crippen molar-refractivity contribution in [1.82, 2.24) is 4.98 Å². The largest absolute Gasteiger partial charge is 0.389 e. The van der Waals surface area contributed by atoms with Gasteiger partial charge in [0.25, 0.3) is 0 Å². The monoisotopic (exact) mass is 205 g/mol. The van der Waals surface area contributed by atoms with E-state index >= 15 is 0 Å². The first kappa shape index (κ1) is 11.5. The lowest BCUT2D eigenvalue weighted by Crippen LogP contribution is -2.19. The highest BCUT2D eigenvalue weighted by molar-refractivity contribution is 5.40. The Labute approximate surface area is 89.8 Å². The standard InChI is InChI=1S/C11H15N3O/c1-9(15)10-4-6-13-11(8-10)14(2)7-3-5-12/h4,6,8-9,15H,3,7H2,1-2H3/t9-/m0/s1. The van der Waals surface area contributed by atoms with Crippen LogP contribution >= 0.6 is 0 Å². The van der Waals surface area contributed by atoms with Gasteiger partial charge in [-0.25, -0.2) is 4.98 Å². The molecule has 1 aromatic rings. The second-order valence-electron chi connectivity index (χ2n) is 3.45. The van der Waals surface area contributed by atoms with E-state index < -0.39 is 6.10 Å². The molecule has 0 saturated heterocycles. The average molecular weight is 205 g/mol. The van der Waals surface area contributed by atoms with E-state index in [0.29, 0.717) is 13.0 Å². The van der Waals surface area contributed by atoms with Gasteiger partial charge in [0, 0.05) is 19.8 Å². The summed E-state index contributed by atoms with van der Waals surface area (Å²) in [6, 6.07) is 5.71. The normalized spacial score (nSPS) is 11.9. The number of nitriles is 1. The van der Waals surface area contributed by atoms with Gasteiger partial charge < -0.3 is 10.0 Å². The number of aromatic nitrogens is 1. The van der Waals surface area contributed by atoms with Crippen molar-refractivity contribution in [3.8, 4) is 6.07 Å². The van der Waals surface area contributed by atoms with Crippen molar-refractivity contribution in [2.75, 3.05) is 18.5 Å². The molecule has 4 nitrogen and oxygen atoms in total. The Balaban J connectivity index is 2.77. The molecule has 0 bridgehead atoms. The van der Waals surface area contributed by atoms with Crippen LogP contribution in [0.2, 0.25) is 0 Å². The van der Waals surface area contributed by atoms with E-state index in [2.05, 4.69) is 11.1 Å². The van der Waals surface area contributed by atoms with Gasteiger partial charge in [-0.2, -0.15) is 5.26 Å². The molecule has 0 aromatic carbocycles. The first-order valence-electron chi connectivity index (χ1n) is 4.87. The predicted octanol–water partition coefficient (Wildman–Crippen LogP) is 1.48. The summed E-state index contributed by atoms with van der Waals surface area (Å²) in [7, 11) is 1.88. The van der Waals surface area contributed by atoms with Crippen molar-refractivity contribution in [1.29, 1.82) is 5.26 Å². The fourth-order valence-corrected chi connectivity index (χ4v) is 1.24. The molecular weight excluding hydrogens is 190 g/mol. The minimum atomic E-state index is -0.490. The third-order valence-corrected chi connectivity index (χ3v) is 2.20. The molecule has 15 heavy (non-hydrogen) atoms. The Morgan fingerprint density at radius 1 is 1.67 bits per heavy atom.